The quantitative estimate of drug-likeness (QED) is 0.929. The Morgan fingerprint density at radius 3 is 2.79 bits per heavy atom. The number of rotatable bonds is 3. The van der Waals surface area contributed by atoms with Crippen LogP contribution in [0.3, 0.4) is 0 Å². The summed E-state index contributed by atoms with van der Waals surface area (Å²) >= 11 is 5.80. The molecular weight excluding hydrogens is 281 g/mol. The third-order valence-corrected chi connectivity index (χ3v) is 3.07. The lowest BCUT2D eigenvalue weighted by atomic mass is 10.2. The van der Waals surface area contributed by atoms with Gasteiger partial charge in [0.25, 0.3) is 0 Å². The van der Waals surface area contributed by atoms with Gasteiger partial charge in [0.1, 0.15) is 12.6 Å². The van der Waals surface area contributed by atoms with E-state index in [-0.39, 0.29) is 6.54 Å². The second-order valence-electron chi connectivity index (χ2n) is 4.37. The van der Waals surface area contributed by atoms with Crippen LogP contribution >= 0.6 is 11.6 Å². The number of hydrogen-bond acceptors (Lipinski definition) is 2. The maximum Gasteiger partial charge on any atom is 0.406 e. The van der Waals surface area contributed by atoms with Crippen molar-refractivity contribution >= 4 is 23.2 Å². The number of benzene rings is 1. The van der Waals surface area contributed by atoms with E-state index in [9.17, 15) is 18.0 Å². The minimum Gasteiger partial charge on any atom is -0.374 e. The SMILES string of the molecule is O=C1C(Nc2cccc(Cl)c2)CCN1CC(F)(F)F. The van der Waals surface area contributed by atoms with Crippen molar-refractivity contribution < 1.29 is 18.0 Å². The molecule has 0 spiro atoms. The Labute approximate surface area is 113 Å². The van der Waals surface area contributed by atoms with E-state index in [1.807, 2.05) is 0 Å². The van der Waals surface area contributed by atoms with Gasteiger partial charge in [0.2, 0.25) is 5.91 Å². The lowest BCUT2D eigenvalue weighted by molar-refractivity contribution is -0.157. The predicted molar refractivity (Wildman–Crippen MR) is 66.1 cm³/mol. The summed E-state index contributed by atoms with van der Waals surface area (Å²) in [4.78, 5) is 12.6. The fourth-order valence-electron chi connectivity index (χ4n) is 2.03. The van der Waals surface area contributed by atoms with Crippen molar-refractivity contribution in [3.8, 4) is 0 Å². The molecule has 0 saturated carbocycles. The average Bonchev–Trinajstić information content (AvgIpc) is 2.60. The van der Waals surface area contributed by atoms with Crippen LogP contribution < -0.4 is 5.32 Å². The minimum atomic E-state index is -4.36. The van der Waals surface area contributed by atoms with Crippen LogP contribution in [0.1, 0.15) is 6.42 Å². The van der Waals surface area contributed by atoms with Crippen molar-refractivity contribution in [3.63, 3.8) is 0 Å². The van der Waals surface area contributed by atoms with E-state index < -0.39 is 24.7 Å². The summed E-state index contributed by atoms with van der Waals surface area (Å²) in [7, 11) is 0. The van der Waals surface area contributed by atoms with Gasteiger partial charge in [-0.2, -0.15) is 13.2 Å². The smallest absolute Gasteiger partial charge is 0.374 e. The molecule has 1 N–H and O–H groups in total. The monoisotopic (exact) mass is 292 g/mol. The fourth-order valence-corrected chi connectivity index (χ4v) is 2.22. The van der Waals surface area contributed by atoms with Crippen LogP contribution in [0.2, 0.25) is 5.02 Å². The molecule has 2 rings (SSSR count). The van der Waals surface area contributed by atoms with Crippen LogP contribution in [0.4, 0.5) is 18.9 Å². The highest BCUT2D eigenvalue weighted by molar-refractivity contribution is 6.30. The number of carbonyl (C=O) groups excluding carboxylic acids is 1. The van der Waals surface area contributed by atoms with Crippen LogP contribution in [-0.2, 0) is 4.79 Å². The molecule has 1 aliphatic rings. The molecule has 1 heterocycles. The number of alkyl halides is 3. The molecule has 1 unspecified atom stereocenters. The third-order valence-electron chi connectivity index (χ3n) is 2.83. The highest BCUT2D eigenvalue weighted by Gasteiger charge is 2.39. The van der Waals surface area contributed by atoms with Crippen molar-refractivity contribution in [2.24, 2.45) is 0 Å². The van der Waals surface area contributed by atoms with Crippen molar-refractivity contribution in [1.29, 1.82) is 0 Å². The standard InChI is InChI=1S/C12H12ClF3N2O/c13-8-2-1-3-9(6-8)17-10-4-5-18(11(10)19)7-12(14,15)16/h1-3,6,10,17H,4-5,7H2. The first-order valence-electron chi connectivity index (χ1n) is 5.73. The number of halogens is 4. The first-order valence-corrected chi connectivity index (χ1v) is 6.10. The summed E-state index contributed by atoms with van der Waals surface area (Å²) in [5, 5.41) is 3.41. The van der Waals surface area contributed by atoms with Gasteiger partial charge < -0.3 is 10.2 Å². The molecule has 1 saturated heterocycles. The van der Waals surface area contributed by atoms with Crippen molar-refractivity contribution in [1.82, 2.24) is 4.90 Å². The topological polar surface area (TPSA) is 32.3 Å². The zero-order chi connectivity index (χ0) is 14.0. The maximum atomic E-state index is 12.3. The van der Waals surface area contributed by atoms with Crippen LogP contribution in [0.25, 0.3) is 0 Å². The zero-order valence-electron chi connectivity index (χ0n) is 9.88. The summed E-state index contributed by atoms with van der Waals surface area (Å²) in [5.74, 6) is -0.530. The molecule has 19 heavy (non-hydrogen) atoms. The Bertz CT molecular complexity index is 478. The lowest BCUT2D eigenvalue weighted by Gasteiger charge is -2.19. The Morgan fingerprint density at radius 2 is 2.16 bits per heavy atom. The van der Waals surface area contributed by atoms with Gasteiger partial charge in [-0.3, -0.25) is 4.79 Å². The van der Waals surface area contributed by atoms with Crippen molar-refractivity contribution in [3.05, 3.63) is 29.3 Å². The van der Waals surface area contributed by atoms with Crippen molar-refractivity contribution in [2.75, 3.05) is 18.4 Å². The summed E-state index contributed by atoms with van der Waals surface area (Å²) in [5.41, 5.74) is 0.625. The Balaban J connectivity index is 1.98. The van der Waals surface area contributed by atoms with E-state index in [0.717, 1.165) is 4.90 Å². The molecule has 7 heteroatoms. The number of anilines is 1. The number of nitrogens with one attached hydrogen (secondary N) is 1. The van der Waals surface area contributed by atoms with Gasteiger partial charge in [0, 0.05) is 17.3 Å². The van der Waals surface area contributed by atoms with Gasteiger partial charge in [0.15, 0.2) is 0 Å². The second-order valence-corrected chi connectivity index (χ2v) is 4.81. The predicted octanol–water partition coefficient (Wildman–Crippen LogP) is 2.92. The highest BCUT2D eigenvalue weighted by atomic mass is 35.5. The zero-order valence-corrected chi connectivity index (χ0v) is 10.6. The first-order chi connectivity index (χ1) is 8.85. The molecule has 104 valence electrons. The molecule has 1 aromatic rings. The Kier molecular flexibility index (Phi) is 3.89. The normalized spacial score (nSPS) is 19.9. The van der Waals surface area contributed by atoms with E-state index in [1.165, 1.54) is 0 Å². The van der Waals surface area contributed by atoms with Gasteiger partial charge in [-0.05, 0) is 24.6 Å². The minimum absolute atomic E-state index is 0.108. The van der Waals surface area contributed by atoms with Crippen LogP contribution in [0.15, 0.2) is 24.3 Å². The number of likely N-dealkylation sites (tertiary alicyclic amines) is 1. The number of carbonyl (C=O) groups is 1. The summed E-state index contributed by atoms with van der Waals surface area (Å²) in [6.07, 6.45) is -4.01. The van der Waals surface area contributed by atoms with E-state index in [1.54, 1.807) is 24.3 Å². The van der Waals surface area contributed by atoms with E-state index in [4.69, 9.17) is 11.6 Å². The van der Waals surface area contributed by atoms with E-state index in [2.05, 4.69) is 5.32 Å². The average molecular weight is 293 g/mol. The van der Waals surface area contributed by atoms with Crippen molar-refractivity contribution in [2.45, 2.75) is 18.6 Å². The van der Waals surface area contributed by atoms with Crippen LogP contribution in [0, 0.1) is 0 Å². The van der Waals surface area contributed by atoms with E-state index >= 15 is 0 Å². The van der Waals surface area contributed by atoms with Gasteiger partial charge in [0.05, 0.1) is 0 Å². The molecule has 3 nitrogen and oxygen atoms in total. The summed E-state index contributed by atoms with van der Waals surface area (Å²) in [6, 6.07) is 6.10. The molecular formula is C12H12ClF3N2O. The lowest BCUT2D eigenvalue weighted by Crippen LogP contribution is -2.39. The molecule has 1 aromatic carbocycles. The number of amides is 1. The highest BCUT2D eigenvalue weighted by Crippen LogP contribution is 2.23. The third kappa shape index (κ3) is 3.76. The molecule has 1 amide bonds. The molecule has 0 radical (unpaired) electrons. The first kappa shape index (κ1) is 14.0. The fraction of sp³-hybridized carbons (Fsp3) is 0.417. The van der Waals surface area contributed by atoms with Gasteiger partial charge >= 0.3 is 6.18 Å². The maximum absolute atomic E-state index is 12.3. The van der Waals surface area contributed by atoms with E-state index in [0.29, 0.717) is 17.1 Å². The summed E-state index contributed by atoms with van der Waals surface area (Å²) in [6.45, 7) is -1.09. The molecule has 0 aromatic heterocycles. The molecule has 1 atom stereocenters. The van der Waals surface area contributed by atoms with Gasteiger partial charge in [-0.15, -0.1) is 0 Å². The molecule has 0 aliphatic carbocycles. The molecule has 0 bridgehead atoms. The number of nitrogens with zero attached hydrogens (tertiary/aromatic N) is 1. The molecule has 1 fully saturated rings. The molecule has 1 aliphatic heterocycles. The van der Waals surface area contributed by atoms with Gasteiger partial charge in [-0.25, -0.2) is 0 Å². The second kappa shape index (κ2) is 5.28. The van der Waals surface area contributed by atoms with Gasteiger partial charge in [-0.1, -0.05) is 17.7 Å². The summed E-state index contributed by atoms with van der Waals surface area (Å²) < 4.78 is 36.8. The number of hydrogen-bond donors (Lipinski definition) is 1. The Hall–Kier alpha value is -1.43. The Morgan fingerprint density at radius 1 is 1.42 bits per heavy atom. The van der Waals surface area contributed by atoms with Crippen LogP contribution in [-0.4, -0.2) is 36.1 Å². The largest absolute Gasteiger partial charge is 0.406 e. The van der Waals surface area contributed by atoms with Crippen LogP contribution in [0.5, 0.6) is 0 Å².